The normalized spacial score (nSPS) is 16.0. The van der Waals surface area contributed by atoms with Gasteiger partial charge in [-0.2, -0.15) is 0 Å². The van der Waals surface area contributed by atoms with E-state index in [1.54, 1.807) is 12.0 Å². The van der Waals surface area contributed by atoms with Crippen LogP contribution in [0.3, 0.4) is 0 Å². The van der Waals surface area contributed by atoms with Crippen molar-refractivity contribution in [2.24, 2.45) is 4.99 Å². The van der Waals surface area contributed by atoms with Crippen molar-refractivity contribution in [1.82, 2.24) is 15.1 Å². The molecule has 122 valence electrons. The topological polar surface area (TPSA) is 66.4 Å². The lowest BCUT2D eigenvalue weighted by molar-refractivity contribution is 0.0914. The molecule has 0 unspecified atom stereocenters. The lowest BCUT2D eigenvalue weighted by atomic mass is 10.3. The smallest absolute Gasteiger partial charge is 0.409 e. The molecule has 1 heterocycles. The summed E-state index contributed by atoms with van der Waals surface area (Å²) in [6, 6.07) is 0. The first kappa shape index (κ1) is 17.6. The predicted molar refractivity (Wildman–Crippen MR) is 82.6 cm³/mol. The third kappa shape index (κ3) is 6.20. The molecule has 7 heteroatoms. The van der Waals surface area contributed by atoms with Crippen molar-refractivity contribution in [2.45, 2.75) is 20.3 Å². The monoisotopic (exact) mass is 300 g/mol. The summed E-state index contributed by atoms with van der Waals surface area (Å²) in [4.78, 5) is 20.2. The number of rotatable bonds is 6. The van der Waals surface area contributed by atoms with Gasteiger partial charge in [0, 0.05) is 53.0 Å². The first-order valence-electron chi connectivity index (χ1n) is 7.66. The Balaban J connectivity index is 2.45. The number of amides is 1. The summed E-state index contributed by atoms with van der Waals surface area (Å²) in [5, 5.41) is 3.30. The molecule has 1 N–H and O–H groups in total. The number of carbonyl (C=O) groups is 1. The minimum atomic E-state index is -0.223. The Morgan fingerprint density at radius 2 is 1.86 bits per heavy atom. The average molecular weight is 300 g/mol. The second kappa shape index (κ2) is 10.3. The summed E-state index contributed by atoms with van der Waals surface area (Å²) in [7, 11) is 1.70. The van der Waals surface area contributed by atoms with Crippen LogP contribution in [0.25, 0.3) is 0 Å². The number of nitrogens with zero attached hydrogens (tertiary/aromatic N) is 3. The number of piperazine rings is 1. The highest BCUT2D eigenvalue weighted by atomic mass is 16.6. The number of hydrogen-bond acceptors (Lipinski definition) is 4. The first-order chi connectivity index (χ1) is 10.2. The van der Waals surface area contributed by atoms with Crippen LogP contribution in [0.2, 0.25) is 0 Å². The van der Waals surface area contributed by atoms with E-state index in [1.165, 1.54) is 0 Å². The maximum Gasteiger partial charge on any atom is 0.409 e. The Labute approximate surface area is 127 Å². The molecule has 21 heavy (non-hydrogen) atoms. The van der Waals surface area contributed by atoms with E-state index in [9.17, 15) is 4.79 Å². The van der Waals surface area contributed by atoms with Crippen molar-refractivity contribution in [3.63, 3.8) is 0 Å². The van der Waals surface area contributed by atoms with E-state index in [1.807, 2.05) is 6.92 Å². The first-order valence-corrected chi connectivity index (χ1v) is 7.66. The molecule has 0 bridgehead atoms. The Morgan fingerprint density at radius 3 is 2.43 bits per heavy atom. The van der Waals surface area contributed by atoms with Gasteiger partial charge in [-0.05, 0) is 20.3 Å². The average Bonchev–Trinajstić information content (AvgIpc) is 2.51. The van der Waals surface area contributed by atoms with Gasteiger partial charge >= 0.3 is 6.09 Å². The van der Waals surface area contributed by atoms with Crippen LogP contribution in [0.5, 0.6) is 0 Å². The number of guanidine groups is 1. The standard InChI is InChI=1S/C14H28N4O3/c1-4-15-13(16-7-6-12-20-3)17-8-10-18(11-9-17)14(19)21-5-2/h4-12H2,1-3H3,(H,15,16). The van der Waals surface area contributed by atoms with Gasteiger partial charge in [-0.1, -0.05) is 0 Å². The number of carbonyl (C=O) groups excluding carboxylic acids is 1. The molecule has 0 atom stereocenters. The van der Waals surface area contributed by atoms with Gasteiger partial charge in [0.25, 0.3) is 0 Å². The van der Waals surface area contributed by atoms with Crippen molar-refractivity contribution < 1.29 is 14.3 Å². The lowest BCUT2D eigenvalue weighted by Crippen LogP contribution is -2.53. The molecule has 7 nitrogen and oxygen atoms in total. The van der Waals surface area contributed by atoms with Crippen LogP contribution in [0.15, 0.2) is 4.99 Å². The number of aliphatic imine (C=N–C) groups is 1. The van der Waals surface area contributed by atoms with Gasteiger partial charge in [0.1, 0.15) is 0 Å². The molecule has 0 radical (unpaired) electrons. The maximum absolute atomic E-state index is 11.7. The number of nitrogens with one attached hydrogen (secondary N) is 1. The number of ether oxygens (including phenoxy) is 2. The molecule has 1 aliphatic rings. The Bertz CT molecular complexity index is 328. The van der Waals surface area contributed by atoms with Crippen LogP contribution in [0.4, 0.5) is 4.79 Å². The van der Waals surface area contributed by atoms with Crippen molar-refractivity contribution in [3.8, 4) is 0 Å². The lowest BCUT2D eigenvalue weighted by Gasteiger charge is -2.35. The molecule has 0 aromatic heterocycles. The highest BCUT2D eigenvalue weighted by Crippen LogP contribution is 2.04. The van der Waals surface area contributed by atoms with E-state index < -0.39 is 0 Å². The second-order valence-electron chi connectivity index (χ2n) is 4.76. The van der Waals surface area contributed by atoms with Gasteiger partial charge < -0.3 is 24.6 Å². The fourth-order valence-electron chi connectivity index (χ4n) is 2.14. The van der Waals surface area contributed by atoms with E-state index in [4.69, 9.17) is 9.47 Å². The van der Waals surface area contributed by atoms with E-state index in [0.29, 0.717) is 19.7 Å². The van der Waals surface area contributed by atoms with Crippen molar-refractivity contribution >= 4 is 12.1 Å². The molecule has 0 spiro atoms. The van der Waals surface area contributed by atoms with Crippen LogP contribution >= 0.6 is 0 Å². The number of methoxy groups -OCH3 is 1. The zero-order valence-corrected chi connectivity index (χ0v) is 13.4. The summed E-state index contributed by atoms with van der Waals surface area (Å²) < 4.78 is 10.1. The van der Waals surface area contributed by atoms with Gasteiger partial charge in [-0.25, -0.2) is 4.79 Å². The molecule has 1 amide bonds. The molecular formula is C14H28N4O3. The van der Waals surface area contributed by atoms with E-state index in [-0.39, 0.29) is 6.09 Å². The molecule has 1 saturated heterocycles. The fourth-order valence-corrected chi connectivity index (χ4v) is 2.14. The van der Waals surface area contributed by atoms with E-state index in [2.05, 4.69) is 22.1 Å². The fraction of sp³-hybridized carbons (Fsp3) is 0.857. The van der Waals surface area contributed by atoms with E-state index >= 15 is 0 Å². The van der Waals surface area contributed by atoms with Crippen LogP contribution in [-0.4, -0.2) is 81.4 Å². The minimum absolute atomic E-state index is 0.223. The summed E-state index contributed by atoms with van der Waals surface area (Å²) in [6.07, 6.45) is 0.688. The molecule has 0 aromatic rings. The van der Waals surface area contributed by atoms with Crippen LogP contribution in [0.1, 0.15) is 20.3 Å². The zero-order valence-electron chi connectivity index (χ0n) is 13.4. The zero-order chi connectivity index (χ0) is 15.5. The van der Waals surface area contributed by atoms with Crippen molar-refractivity contribution in [2.75, 3.05) is 59.6 Å². The third-order valence-corrected chi connectivity index (χ3v) is 3.21. The van der Waals surface area contributed by atoms with Crippen LogP contribution in [0, 0.1) is 0 Å². The van der Waals surface area contributed by atoms with Gasteiger partial charge in [0.05, 0.1) is 6.61 Å². The highest BCUT2D eigenvalue weighted by Gasteiger charge is 2.23. The SMILES string of the molecule is CCNC(=NCCCOC)N1CCN(C(=O)OCC)CC1. The maximum atomic E-state index is 11.7. The molecule has 0 saturated carbocycles. The minimum Gasteiger partial charge on any atom is -0.450 e. The Kier molecular flexibility index (Phi) is 8.57. The van der Waals surface area contributed by atoms with Crippen molar-refractivity contribution in [3.05, 3.63) is 0 Å². The Hall–Kier alpha value is -1.50. The molecular weight excluding hydrogens is 272 g/mol. The number of hydrogen-bond donors (Lipinski definition) is 1. The van der Waals surface area contributed by atoms with Gasteiger partial charge in [0.15, 0.2) is 5.96 Å². The van der Waals surface area contributed by atoms with E-state index in [0.717, 1.165) is 45.2 Å². The molecule has 1 rings (SSSR count). The second-order valence-corrected chi connectivity index (χ2v) is 4.76. The van der Waals surface area contributed by atoms with Gasteiger partial charge in [-0.15, -0.1) is 0 Å². The summed E-state index contributed by atoms with van der Waals surface area (Å²) in [6.45, 7) is 9.48. The molecule has 0 aromatic carbocycles. The summed E-state index contributed by atoms with van der Waals surface area (Å²) in [5.41, 5.74) is 0. The third-order valence-electron chi connectivity index (χ3n) is 3.21. The predicted octanol–water partition coefficient (Wildman–Crippen LogP) is 0.763. The molecule has 1 aliphatic heterocycles. The molecule has 1 fully saturated rings. The summed E-state index contributed by atoms with van der Waals surface area (Å²) in [5.74, 6) is 0.914. The van der Waals surface area contributed by atoms with Crippen molar-refractivity contribution in [1.29, 1.82) is 0 Å². The molecule has 0 aliphatic carbocycles. The van der Waals surface area contributed by atoms with Gasteiger partial charge in [-0.3, -0.25) is 4.99 Å². The van der Waals surface area contributed by atoms with Gasteiger partial charge in [0.2, 0.25) is 0 Å². The highest BCUT2D eigenvalue weighted by molar-refractivity contribution is 5.80. The van der Waals surface area contributed by atoms with Crippen LogP contribution in [-0.2, 0) is 9.47 Å². The summed E-state index contributed by atoms with van der Waals surface area (Å²) >= 11 is 0. The Morgan fingerprint density at radius 1 is 1.19 bits per heavy atom. The quantitative estimate of drug-likeness (QED) is 0.446. The largest absolute Gasteiger partial charge is 0.450 e. The van der Waals surface area contributed by atoms with Crippen LogP contribution < -0.4 is 5.32 Å².